The maximum absolute atomic E-state index is 13.4. The van der Waals surface area contributed by atoms with Gasteiger partial charge in [0.2, 0.25) is 5.90 Å². The Balaban J connectivity index is 2.93. The number of benzene rings is 1. The number of nitrogens with one attached hydrogen (secondary N) is 1. The maximum atomic E-state index is 13.4. The maximum Gasteiger partial charge on any atom is 0.411 e. The Bertz CT molecular complexity index is 476. The van der Waals surface area contributed by atoms with Gasteiger partial charge >= 0.3 is 6.09 Å². The van der Waals surface area contributed by atoms with Crippen molar-refractivity contribution in [2.45, 2.75) is 25.8 Å². The van der Waals surface area contributed by atoms with Crippen molar-refractivity contribution >= 4 is 12.0 Å². The van der Waals surface area contributed by atoms with E-state index in [2.05, 4.69) is 4.74 Å². The van der Waals surface area contributed by atoms with E-state index in [0.29, 0.717) is 11.1 Å². The predicted molar refractivity (Wildman–Crippen MR) is 65.9 cm³/mol. The monoisotopic (exact) mass is 253 g/mol. The summed E-state index contributed by atoms with van der Waals surface area (Å²) in [5.74, 6) is -1.14. The summed E-state index contributed by atoms with van der Waals surface area (Å²) in [5.41, 5.74) is 11.7. The summed E-state index contributed by atoms with van der Waals surface area (Å²) >= 11 is 0. The zero-order valence-electron chi connectivity index (χ0n) is 10.2. The third-order valence-electron chi connectivity index (χ3n) is 2.85. The summed E-state index contributed by atoms with van der Waals surface area (Å²) in [7, 11) is 0. The molecule has 18 heavy (non-hydrogen) atoms. The normalized spacial score (nSPS) is 13.8. The molecule has 0 saturated heterocycles. The highest BCUT2D eigenvalue weighted by atomic mass is 19.1. The lowest BCUT2D eigenvalue weighted by Gasteiger charge is -2.21. The minimum absolute atomic E-state index is 0.339. The van der Waals surface area contributed by atoms with Gasteiger partial charge in [0.05, 0.1) is 6.04 Å². The first-order valence-electron chi connectivity index (χ1n) is 5.41. The molecular formula is C12H16FN3O2. The van der Waals surface area contributed by atoms with Crippen molar-refractivity contribution in [1.29, 1.82) is 5.41 Å². The highest BCUT2D eigenvalue weighted by molar-refractivity contribution is 5.89. The van der Waals surface area contributed by atoms with Crippen molar-refractivity contribution in [2.75, 3.05) is 0 Å². The van der Waals surface area contributed by atoms with Crippen LogP contribution in [0.2, 0.25) is 0 Å². The number of primary amides is 1. The molecule has 0 bridgehead atoms. The van der Waals surface area contributed by atoms with Crippen LogP contribution in [0.1, 0.15) is 24.0 Å². The molecule has 0 spiro atoms. The van der Waals surface area contributed by atoms with Gasteiger partial charge in [-0.3, -0.25) is 5.41 Å². The summed E-state index contributed by atoms with van der Waals surface area (Å²) in [6.45, 7) is 3.36. The van der Waals surface area contributed by atoms with Crippen LogP contribution in [0, 0.1) is 18.2 Å². The molecule has 0 aromatic heterocycles. The van der Waals surface area contributed by atoms with Crippen molar-refractivity contribution < 1.29 is 13.9 Å². The van der Waals surface area contributed by atoms with E-state index in [1.54, 1.807) is 26.0 Å². The summed E-state index contributed by atoms with van der Waals surface area (Å²) < 4.78 is 17.8. The Kier molecular flexibility index (Phi) is 4.38. The van der Waals surface area contributed by atoms with E-state index >= 15 is 0 Å². The number of amides is 1. The third-order valence-corrected chi connectivity index (χ3v) is 2.85. The average molecular weight is 253 g/mol. The summed E-state index contributed by atoms with van der Waals surface area (Å²) in [6.07, 6.45) is -1.08. The van der Waals surface area contributed by atoms with E-state index in [4.69, 9.17) is 16.9 Å². The predicted octanol–water partition coefficient (Wildman–Crippen LogP) is 1.64. The third kappa shape index (κ3) is 3.04. The van der Waals surface area contributed by atoms with Crippen LogP contribution in [-0.4, -0.2) is 18.0 Å². The van der Waals surface area contributed by atoms with Crippen LogP contribution in [-0.2, 0) is 4.74 Å². The van der Waals surface area contributed by atoms with Crippen LogP contribution in [0.25, 0.3) is 0 Å². The molecule has 2 atom stereocenters. The second-order valence-corrected chi connectivity index (χ2v) is 4.05. The van der Waals surface area contributed by atoms with Gasteiger partial charge in [0, 0.05) is 5.92 Å². The van der Waals surface area contributed by atoms with Crippen molar-refractivity contribution in [3.63, 3.8) is 0 Å². The topological polar surface area (TPSA) is 102 Å². The molecule has 0 aliphatic heterocycles. The molecule has 5 nitrogen and oxygen atoms in total. The van der Waals surface area contributed by atoms with E-state index in [-0.39, 0.29) is 11.7 Å². The van der Waals surface area contributed by atoms with E-state index in [1.807, 2.05) is 0 Å². The Morgan fingerprint density at radius 2 is 2.11 bits per heavy atom. The fraction of sp³-hybridized carbons (Fsp3) is 0.333. The zero-order valence-corrected chi connectivity index (χ0v) is 10.2. The number of halogens is 1. The first-order valence-corrected chi connectivity index (χ1v) is 5.41. The van der Waals surface area contributed by atoms with E-state index in [9.17, 15) is 9.18 Å². The van der Waals surface area contributed by atoms with Gasteiger partial charge in [-0.15, -0.1) is 0 Å². The molecule has 0 aliphatic rings. The quantitative estimate of drug-likeness (QED) is 0.563. The summed E-state index contributed by atoms with van der Waals surface area (Å²) in [6, 6.07) is 3.78. The number of hydrogen-bond acceptors (Lipinski definition) is 4. The Morgan fingerprint density at radius 1 is 1.50 bits per heavy atom. The molecule has 0 aliphatic carbocycles. The molecule has 0 fully saturated rings. The van der Waals surface area contributed by atoms with Gasteiger partial charge in [-0.2, -0.15) is 0 Å². The molecule has 1 aromatic carbocycles. The van der Waals surface area contributed by atoms with Crippen molar-refractivity contribution in [2.24, 2.45) is 11.5 Å². The zero-order chi connectivity index (χ0) is 13.9. The van der Waals surface area contributed by atoms with Gasteiger partial charge < -0.3 is 16.2 Å². The average Bonchev–Trinajstić information content (AvgIpc) is 2.30. The van der Waals surface area contributed by atoms with E-state index in [0.717, 1.165) is 0 Å². The number of ether oxygens (including phenoxy) is 1. The SMILES string of the molecule is Cc1c(F)cccc1C(C)[C@H](N)C(=N)OC(N)=O. The molecule has 5 N–H and O–H groups in total. The largest absolute Gasteiger partial charge is 0.411 e. The van der Waals surface area contributed by atoms with Crippen LogP contribution >= 0.6 is 0 Å². The lowest BCUT2D eigenvalue weighted by atomic mass is 9.90. The van der Waals surface area contributed by atoms with Crippen molar-refractivity contribution in [3.8, 4) is 0 Å². The first-order chi connectivity index (χ1) is 8.34. The second kappa shape index (κ2) is 5.59. The smallest absolute Gasteiger partial charge is 0.394 e. The fourth-order valence-corrected chi connectivity index (χ4v) is 1.71. The van der Waals surface area contributed by atoms with E-state index in [1.165, 1.54) is 6.07 Å². The number of hydrogen-bond donors (Lipinski definition) is 3. The lowest BCUT2D eigenvalue weighted by Crippen LogP contribution is -2.39. The number of carbonyl (C=O) groups is 1. The van der Waals surface area contributed by atoms with Crippen LogP contribution in [0.15, 0.2) is 18.2 Å². The molecule has 6 heteroatoms. The lowest BCUT2D eigenvalue weighted by molar-refractivity contribution is 0.204. The summed E-state index contributed by atoms with van der Waals surface area (Å²) in [4.78, 5) is 10.5. The number of rotatable bonds is 3. The van der Waals surface area contributed by atoms with Gasteiger partial charge in [0.1, 0.15) is 5.82 Å². The van der Waals surface area contributed by atoms with Gasteiger partial charge in [-0.25, -0.2) is 9.18 Å². The van der Waals surface area contributed by atoms with Crippen LogP contribution in [0.3, 0.4) is 0 Å². The highest BCUT2D eigenvalue weighted by Gasteiger charge is 2.24. The van der Waals surface area contributed by atoms with Gasteiger partial charge in [-0.1, -0.05) is 19.1 Å². The number of nitrogens with two attached hydrogens (primary N) is 2. The van der Waals surface area contributed by atoms with Crippen molar-refractivity contribution in [1.82, 2.24) is 0 Å². The molecule has 1 amide bonds. The van der Waals surface area contributed by atoms with Gasteiger partial charge in [0.15, 0.2) is 0 Å². The Hall–Kier alpha value is -1.95. The molecule has 0 radical (unpaired) electrons. The van der Waals surface area contributed by atoms with Gasteiger partial charge in [-0.05, 0) is 24.1 Å². The first kappa shape index (κ1) is 14.1. The van der Waals surface area contributed by atoms with Gasteiger partial charge in [0.25, 0.3) is 0 Å². The highest BCUT2D eigenvalue weighted by Crippen LogP contribution is 2.24. The minimum atomic E-state index is -1.08. The van der Waals surface area contributed by atoms with E-state index < -0.39 is 18.0 Å². The molecule has 1 rings (SSSR count). The van der Waals surface area contributed by atoms with Crippen LogP contribution < -0.4 is 11.5 Å². The molecule has 1 unspecified atom stereocenters. The van der Waals surface area contributed by atoms with Crippen LogP contribution in [0.5, 0.6) is 0 Å². The fourth-order valence-electron chi connectivity index (χ4n) is 1.71. The second-order valence-electron chi connectivity index (χ2n) is 4.05. The summed E-state index contributed by atoms with van der Waals surface area (Å²) in [5, 5.41) is 7.49. The molecular weight excluding hydrogens is 237 g/mol. The minimum Gasteiger partial charge on any atom is -0.394 e. The molecule has 0 saturated carbocycles. The standard InChI is InChI=1S/C12H16FN3O2/c1-6-8(4-3-5-9(6)13)7(2)10(14)11(15)18-12(16)17/h3-5,7,10,15H,14H2,1-2H3,(H2,16,17)/t7?,10-/m0/s1. The van der Waals surface area contributed by atoms with Crippen molar-refractivity contribution in [3.05, 3.63) is 35.1 Å². The Labute approximate surface area is 104 Å². The molecule has 98 valence electrons. The molecule has 1 aromatic rings. The molecule has 0 heterocycles. The number of carbonyl (C=O) groups excluding carboxylic acids is 1. The van der Waals surface area contributed by atoms with Crippen LogP contribution in [0.4, 0.5) is 9.18 Å². The Morgan fingerprint density at radius 3 is 2.67 bits per heavy atom.